The van der Waals surface area contributed by atoms with E-state index in [-0.39, 0.29) is 24.4 Å². The predicted molar refractivity (Wildman–Crippen MR) is 126 cm³/mol. The fourth-order valence-electron chi connectivity index (χ4n) is 4.40. The number of fused-ring (bicyclic) bond motifs is 2. The summed E-state index contributed by atoms with van der Waals surface area (Å²) in [4.78, 5) is 26.0. The fourth-order valence-corrected chi connectivity index (χ4v) is 5.71. The number of rotatable bonds is 7. The molecule has 1 aromatic carbocycles. The Morgan fingerprint density at radius 2 is 1.84 bits per heavy atom. The molecule has 1 aliphatic carbocycles. The quantitative estimate of drug-likeness (QED) is 0.587. The largest absolute Gasteiger partial charge is 0.490 e. The van der Waals surface area contributed by atoms with E-state index in [0.29, 0.717) is 23.8 Å². The van der Waals surface area contributed by atoms with E-state index >= 15 is 0 Å². The van der Waals surface area contributed by atoms with E-state index < -0.39 is 5.91 Å². The van der Waals surface area contributed by atoms with Gasteiger partial charge in [0.15, 0.2) is 11.5 Å². The average Bonchev–Trinajstić information content (AvgIpc) is 2.95. The molecule has 7 nitrogen and oxygen atoms in total. The summed E-state index contributed by atoms with van der Waals surface area (Å²) in [5.74, 6) is 1.09. The predicted octanol–water partition coefficient (Wildman–Crippen LogP) is 3.81. The fraction of sp³-hybridized carbons (Fsp3) is 0.500. The van der Waals surface area contributed by atoms with Gasteiger partial charge in [-0.3, -0.25) is 9.59 Å². The molecule has 4 rings (SSSR count). The third-order valence-corrected chi connectivity index (χ3v) is 7.16. The van der Waals surface area contributed by atoms with Gasteiger partial charge in [-0.05, 0) is 54.9 Å². The van der Waals surface area contributed by atoms with Crippen LogP contribution in [0, 0.1) is 5.92 Å². The molecule has 1 aromatic heterocycles. The zero-order valence-corrected chi connectivity index (χ0v) is 19.5. The lowest BCUT2D eigenvalue weighted by Crippen LogP contribution is -2.34. The highest BCUT2D eigenvalue weighted by molar-refractivity contribution is 7.17. The molecule has 2 heterocycles. The van der Waals surface area contributed by atoms with Crippen molar-refractivity contribution in [1.82, 2.24) is 5.32 Å². The molecule has 0 fully saturated rings. The van der Waals surface area contributed by atoms with Crippen LogP contribution in [0.3, 0.4) is 0 Å². The topological polar surface area (TPSA) is 103 Å². The van der Waals surface area contributed by atoms with Crippen molar-refractivity contribution in [1.29, 1.82) is 0 Å². The summed E-state index contributed by atoms with van der Waals surface area (Å²) in [7, 11) is 0. The number of nitrogens with one attached hydrogen (secondary N) is 2. The first-order valence-corrected chi connectivity index (χ1v) is 12.1. The molecule has 2 aromatic rings. The number of primary amides is 1. The summed E-state index contributed by atoms with van der Waals surface area (Å²) in [6, 6.07) is 5.91. The van der Waals surface area contributed by atoms with Gasteiger partial charge in [0.25, 0.3) is 5.91 Å². The number of thiophene rings is 1. The van der Waals surface area contributed by atoms with E-state index in [0.717, 1.165) is 54.7 Å². The summed E-state index contributed by atoms with van der Waals surface area (Å²) in [6.07, 6.45) is 4.79. The summed E-state index contributed by atoms with van der Waals surface area (Å²) < 4.78 is 11.6. The smallest absolute Gasteiger partial charge is 0.251 e. The van der Waals surface area contributed by atoms with Crippen LogP contribution >= 0.6 is 11.3 Å². The van der Waals surface area contributed by atoms with Gasteiger partial charge in [-0.25, -0.2) is 0 Å². The van der Waals surface area contributed by atoms with Crippen molar-refractivity contribution in [2.24, 2.45) is 11.7 Å². The van der Waals surface area contributed by atoms with Crippen LogP contribution in [0.25, 0.3) is 0 Å². The molecule has 1 aliphatic heterocycles. The van der Waals surface area contributed by atoms with Crippen LogP contribution in [0.1, 0.15) is 65.5 Å². The maximum absolute atomic E-state index is 12.8. The number of carbonyl (C=O) groups is 2. The van der Waals surface area contributed by atoms with Crippen molar-refractivity contribution in [2.75, 3.05) is 25.1 Å². The minimum Gasteiger partial charge on any atom is -0.490 e. The highest BCUT2D eigenvalue weighted by Gasteiger charge is 2.25. The Hall–Kier alpha value is -2.58. The second-order valence-corrected chi connectivity index (χ2v) is 9.79. The zero-order valence-electron chi connectivity index (χ0n) is 18.7. The number of nitrogens with two attached hydrogens (primary N) is 1. The van der Waals surface area contributed by atoms with Gasteiger partial charge in [0.05, 0.1) is 25.3 Å². The van der Waals surface area contributed by atoms with E-state index in [1.807, 2.05) is 18.2 Å². The summed E-state index contributed by atoms with van der Waals surface area (Å²) in [6.45, 7) is 5.62. The number of hydrogen-bond acceptors (Lipinski definition) is 6. The number of anilines is 1. The Morgan fingerprint density at radius 1 is 1.09 bits per heavy atom. The second-order valence-electron chi connectivity index (χ2n) is 8.69. The highest BCUT2D eigenvalue weighted by atomic mass is 32.1. The molecule has 0 saturated carbocycles. The van der Waals surface area contributed by atoms with Crippen LogP contribution in [0.5, 0.6) is 11.5 Å². The monoisotopic (exact) mass is 457 g/mol. The Bertz CT molecular complexity index is 1000. The molecule has 8 heteroatoms. The molecule has 2 amide bonds. The van der Waals surface area contributed by atoms with Crippen LogP contribution in [0.4, 0.5) is 5.00 Å². The number of hydrogen-bond donors (Lipinski definition) is 3. The van der Waals surface area contributed by atoms with Crippen molar-refractivity contribution in [3.63, 3.8) is 0 Å². The van der Waals surface area contributed by atoms with Gasteiger partial charge in [0.1, 0.15) is 5.00 Å². The lowest BCUT2D eigenvalue weighted by molar-refractivity contribution is -0.115. The molecule has 2 aliphatic rings. The van der Waals surface area contributed by atoms with Crippen LogP contribution in [0.2, 0.25) is 0 Å². The van der Waals surface area contributed by atoms with Gasteiger partial charge in [-0.2, -0.15) is 0 Å². The van der Waals surface area contributed by atoms with Crippen molar-refractivity contribution in [3.8, 4) is 11.5 Å². The highest BCUT2D eigenvalue weighted by Crippen LogP contribution is 2.38. The first kappa shape index (κ1) is 22.6. The molecule has 0 saturated heterocycles. The molecular formula is C24H31N3O4S. The maximum Gasteiger partial charge on any atom is 0.251 e. The van der Waals surface area contributed by atoms with E-state index in [9.17, 15) is 9.59 Å². The number of amides is 2. The van der Waals surface area contributed by atoms with Gasteiger partial charge in [-0.1, -0.05) is 19.9 Å². The van der Waals surface area contributed by atoms with Crippen molar-refractivity contribution < 1.29 is 19.1 Å². The summed E-state index contributed by atoms with van der Waals surface area (Å²) in [5.41, 5.74) is 8.19. The molecule has 0 unspecified atom stereocenters. The van der Waals surface area contributed by atoms with Gasteiger partial charge in [-0.15, -0.1) is 11.3 Å². The Morgan fingerprint density at radius 3 is 2.59 bits per heavy atom. The minimum atomic E-state index is -0.472. The standard InChI is InChI=1S/C24H31N3O4S/c1-14(2)22(15-8-9-17-18(12-15)31-11-5-10-30-17)26-13-20(28)27-24-21(23(25)29)16-6-3-4-7-19(16)32-24/h8-9,12,14,22,26H,3-7,10-11,13H2,1-2H3,(H2,25,29)(H,27,28)/t22-/m0/s1. The summed E-state index contributed by atoms with van der Waals surface area (Å²) >= 11 is 1.48. The molecular weight excluding hydrogens is 426 g/mol. The summed E-state index contributed by atoms with van der Waals surface area (Å²) in [5, 5.41) is 6.87. The van der Waals surface area contributed by atoms with E-state index in [4.69, 9.17) is 15.2 Å². The zero-order chi connectivity index (χ0) is 22.7. The van der Waals surface area contributed by atoms with Crippen molar-refractivity contribution in [2.45, 2.75) is 52.0 Å². The second kappa shape index (κ2) is 9.92. The number of carbonyl (C=O) groups excluding carboxylic acids is 2. The van der Waals surface area contributed by atoms with Gasteiger partial charge in [0.2, 0.25) is 5.91 Å². The Balaban J connectivity index is 1.45. The molecule has 172 valence electrons. The van der Waals surface area contributed by atoms with Gasteiger partial charge < -0.3 is 25.8 Å². The Kier molecular flexibility index (Phi) is 7.01. The van der Waals surface area contributed by atoms with Gasteiger partial charge >= 0.3 is 0 Å². The van der Waals surface area contributed by atoms with E-state index in [1.165, 1.54) is 16.2 Å². The lowest BCUT2D eigenvalue weighted by atomic mass is 9.95. The number of benzene rings is 1. The van der Waals surface area contributed by atoms with Crippen LogP contribution in [0.15, 0.2) is 18.2 Å². The van der Waals surface area contributed by atoms with Crippen molar-refractivity contribution >= 4 is 28.2 Å². The first-order valence-electron chi connectivity index (χ1n) is 11.3. The maximum atomic E-state index is 12.8. The van der Waals surface area contributed by atoms with Crippen LogP contribution in [-0.2, 0) is 17.6 Å². The number of aryl methyl sites for hydroxylation is 1. The third-order valence-electron chi connectivity index (χ3n) is 5.95. The van der Waals surface area contributed by atoms with Crippen LogP contribution < -0.4 is 25.8 Å². The van der Waals surface area contributed by atoms with Gasteiger partial charge in [0, 0.05) is 17.3 Å². The molecule has 0 spiro atoms. The first-order chi connectivity index (χ1) is 15.4. The average molecular weight is 458 g/mol. The molecule has 4 N–H and O–H groups in total. The number of ether oxygens (including phenoxy) is 2. The van der Waals surface area contributed by atoms with E-state index in [2.05, 4.69) is 24.5 Å². The Labute approximate surface area is 192 Å². The lowest BCUT2D eigenvalue weighted by Gasteiger charge is -2.23. The molecule has 0 bridgehead atoms. The van der Waals surface area contributed by atoms with Crippen molar-refractivity contribution in [3.05, 3.63) is 39.8 Å². The van der Waals surface area contributed by atoms with Crippen LogP contribution in [-0.4, -0.2) is 31.6 Å². The molecule has 32 heavy (non-hydrogen) atoms. The minimum absolute atomic E-state index is 0.0370. The third kappa shape index (κ3) is 4.91. The van der Waals surface area contributed by atoms with E-state index in [1.54, 1.807) is 0 Å². The normalized spacial score (nSPS) is 16.2. The molecule has 1 atom stereocenters. The SMILES string of the molecule is CC(C)[C@H](NCC(=O)Nc1sc2c(c1C(N)=O)CCCC2)c1ccc2c(c1)OCCCO2. The molecule has 0 radical (unpaired) electrons.